The number of carbonyl (C=O) groups excluding carboxylic acids is 1. The van der Waals surface area contributed by atoms with Crippen molar-refractivity contribution in [3.63, 3.8) is 0 Å². The second kappa shape index (κ2) is 12.6. The summed E-state index contributed by atoms with van der Waals surface area (Å²) in [4.78, 5) is 21.9. The Bertz CT molecular complexity index is 1950. The van der Waals surface area contributed by atoms with Gasteiger partial charge in [-0.1, -0.05) is 54.1 Å². The van der Waals surface area contributed by atoms with E-state index >= 15 is 4.39 Å². The third-order valence-electron chi connectivity index (χ3n) is 6.74. The molecule has 0 aliphatic carbocycles. The molecule has 0 aliphatic rings. The van der Waals surface area contributed by atoms with E-state index in [1.54, 1.807) is 19.1 Å². The quantitative estimate of drug-likeness (QED) is 0.183. The van der Waals surface area contributed by atoms with Crippen molar-refractivity contribution < 1.29 is 29.9 Å². The Balaban J connectivity index is 0.00000288. The Labute approximate surface area is 258 Å². The van der Waals surface area contributed by atoms with Gasteiger partial charge in [0.05, 0.1) is 5.69 Å². The van der Waals surface area contributed by atoms with E-state index in [0.29, 0.717) is 17.2 Å². The lowest BCUT2D eigenvalue weighted by molar-refractivity contribution is 0.0978. The molecule has 0 fully saturated rings. The lowest BCUT2D eigenvalue weighted by atomic mass is 10.1. The molecule has 0 unspecified atom stereocenters. The first-order valence-electron chi connectivity index (χ1n) is 13.7. The maximum absolute atomic E-state index is 15.4. The van der Waals surface area contributed by atoms with Crippen LogP contribution in [0.3, 0.4) is 0 Å². The van der Waals surface area contributed by atoms with E-state index in [4.69, 9.17) is 9.47 Å². The van der Waals surface area contributed by atoms with Crippen molar-refractivity contribution in [3.8, 4) is 28.6 Å². The summed E-state index contributed by atoms with van der Waals surface area (Å²) in [6, 6.07) is 25.0. The first-order valence-corrected chi connectivity index (χ1v) is 15.2. The molecule has 8 nitrogen and oxygen atoms in total. The van der Waals surface area contributed by atoms with E-state index in [0.717, 1.165) is 22.3 Å². The standard InChI is InChI=1S/C34H30FN3O5S.2H2/c1-21-17-22(2)32(23(3)18-21)43-34-28(33(39)38-44(40,41)31-12-8-9-24(4)36-31)15-16-30(37-34)27-14-13-26(19-29(27)35)42-20-25-10-6-5-7-11-25;;/h5-19H,20H2,1-4H3,(H,38,39);2*1H. The molecule has 0 saturated heterocycles. The second-order valence-corrected chi connectivity index (χ2v) is 12.0. The van der Waals surface area contributed by atoms with Crippen molar-refractivity contribution in [2.45, 2.75) is 39.3 Å². The molecule has 44 heavy (non-hydrogen) atoms. The number of aromatic nitrogens is 2. The van der Waals surface area contributed by atoms with Gasteiger partial charge in [-0.2, -0.15) is 8.42 Å². The van der Waals surface area contributed by atoms with Gasteiger partial charge in [-0.05, 0) is 80.8 Å². The molecule has 1 N–H and O–H groups in total. The summed E-state index contributed by atoms with van der Waals surface area (Å²) in [6.45, 7) is 7.56. The predicted molar refractivity (Wildman–Crippen MR) is 169 cm³/mol. The molecule has 5 aromatic rings. The topological polar surface area (TPSA) is 107 Å². The second-order valence-electron chi connectivity index (χ2n) is 10.3. The maximum Gasteiger partial charge on any atom is 0.281 e. The van der Waals surface area contributed by atoms with Gasteiger partial charge in [0.25, 0.3) is 15.9 Å². The van der Waals surface area contributed by atoms with Crippen LogP contribution in [-0.2, 0) is 16.6 Å². The molecular formula is C34H34FN3O5S. The zero-order valence-electron chi connectivity index (χ0n) is 24.6. The minimum Gasteiger partial charge on any atom is -0.489 e. The number of sulfonamides is 1. The van der Waals surface area contributed by atoms with Crippen molar-refractivity contribution in [1.29, 1.82) is 0 Å². The van der Waals surface area contributed by atoms with E-state index in [1.165, 1.54) is 36.4 Å². The van der Waals surface area contributed by atoms with Crippen LogP contribution in [0, 0.1) is 33.5 Å². The summed E-state index contributed by atoms with van der Waals surface area (Å²) in [5.74, 6) is -0.978. The molecule has 10 heteroatoms. The fraction of sp³-hybridized carbons (Fsp3) is 0.147. The normalized spacial score (nSPS) is 11.2. The SMILES string of the molecule is Cc1cc(C)c(Oc2nc(-c3ccc(OCc4ccccc4)cc3F)ccc2C(=O)NS(=O)(=O)c2cccc(C)n2)c(C)c1.[HH].[HH]. The zero-order valence-corrected chi connectivity index (χ0v) is 25.4. The summed E-state index contributed by atoms with van der Waals surface area (Å²) in [6.07, 6.45) is 0. The number of rotatable bonds is 9. The number of carbonyl (C=O) groups is 1. The molecule has 2 heterocycles. The molecule has 0 radical (unpaired) electrons. The van der Waals surface area contributed by atoms with E-state index in [1.807, 2.05) is 68.0 Å². The Morgan fingerprint density at radius 1 is 0.864 bits per heavy atom. The van der Waals surface area contributed by atoms with Gasteiger partial charge < -0.3 is 9.47 Å². The van der Waals surface area contributed by atoms with E-state index < -0.39 is 21.7 Å². The minimum absolute atomic E-state index is 0. The van der Waals surface area contributed by atoms with Gasteiger partial charge in [-0.3, -0.25) is 4.79 Å². The van der Waals surface area contributed by atoms with Crippen LogP contribution in [0.4, 0.5) is 4.39 Å². The fourth-order valence-electron chi connectivity index (χ4n) is 4.70. The molecule has 0 aliphatic heterocycles. The van der Waals surface area contributed by atoms with E-state index in [9.17, 15) is 13.2 Å². The molecule has 0 atom stereocenters. The number of pyridine rings is 2. The number of nitrogens with one attached hydrogen (secondary N) is 1. The van der Waals surface area contributed by atoms with Gasteiger partial charge in [0.1, 0.15) is 29.5 Å². The van der Waals surface area contributed by atoms with Crippen molar-refractivity contribution in [3.05, 3.63) is 130 Å². The van der Waals surface area contributed by atoms with Crippen LogP contribution >= 0.6 is 0 Å². The Hall–Kier alpha value is -5.09. The van der Waals surface area contributed by atoms with Crippen LogP contribution in [0.1, 0.15) is 41.2 Å². The summed E-state index contributed by atoms with van der Waals surface area (Å²) in [5.41, 5.74) is 4.15. The van der Waals surface area contributed by atoms with Gasteiger partial charge in [0.15, 0.2) is 5.03 Å². The summed E-state index contributed by atoms with van der Waals surface area (Å²) in [5, 5.41) is -0.306. The number of aryl methyl sites for hydroxylation is 4. The van der Waals surface area contributed by atoms with Crippen molar-refractivity contribution >= 4 is 15.9 Å². The van der Waals surface area contributed by atoms with Crippen LogP contribution in [0.15, 0.2) is 96.0 Å². The van der Waals surface area contributed by atoms with Gasteiger partial charge in [-0.15, -0.1) is 0 Å². The van der Waals surface area contributed by atoms with Gasteiger partial charge in [0.2, 0.25) is 5.88 Å². The minimum atomic E-state index is -4.31. The van der Waals surface area contributed by atoms with Crippen molar-refractivity contribution in [2.24, 2.45) is 0 Å². The van der Waals surface area contributed by atoms with Crippen molar-refractivity contribution in [1.82, 2.24) is 14.7 Å². The molecule has 2 aromatic heterocycles. The maximum atomic E-state index is 15.4. The molecule has 5 rings (SSSR count). The monoisotopic (exact) mass is 615 g/mol. The largest absolute Gasteiger partial charge is 0.489 e. The number of amides is 1. The fourth-order valence-corrected chi connectivity index (χ4v) is 5.68. The van der Waals surface area contributed by atoms with Gasteiger partial charge >= 0.3 is 0 Å². The molecule has 0 bridgehead atoms. The molecule has 0 spiro atoms. The van der Waals surface area contributed by atoms with Crippen LogP contribution < -0.4 is 14.2 Å². The van der Waals surface area contributed by atoms with Crippen LogP contribution in [0.5, 0.6) is 17.4 Å². The Kier molecular flexibility index (Phi) is 8.73. The first-order chi connectivity index (χ1) is 21.0. The number of nitrogens with zero attached hydrogens (tertiary/aromatic N) is 2. The Morgan fingerprint density at radius 3 is 2.27 bits per heavy atom. The molecular weight excluding hydrogens is 581 g/mol. The molecule has 228 valence electrons. The highest BCUT2D eigenvalue weighted by molar-refractivity contribution is 7.90. The Morgan fingerprint density at radius 2 is 1.59 bits per heavy atom. The lowest BCUT2D eigenvalue weighted by Gasteiger charge is -2.16. The number of hydrogen-bond acceptors (Lipinski definition) is 7. The van der Waals surface area contributed by atoms with Gasteiger partial charge in [0, 0.05) is 20.2 Å². The average molecular weight is 616 g/mol. The van der Waals surface area contributed by atoms with Crippen molar-refractivity contribution in [2.75, 3.05) is 0 Å². The smallest absolute Gasteiger partial charge is 0.281 e. The highest BCUT2D eigenvalue weighted by Gasteiger charge is 2.25. The summed E-state index contributed by atoms with van der Waals surface area (Å²) >= 11 is 0. The highest BCUT2D eigenvalue weighted by Crippen LogP contribution is 2.34. The van der Waals surface area contributed by atoms with Gasteiger partial charge in [-0.25, -0.2) is 19.1 Å². The third-order valence-corrected chi connectivity index (χ3v) is 7.97. The summed E-state index contributed by atoms with van der Waals surface area (Å²) in [7, 11) is -4.31. The number of ether oxygens (including phenoxy) is 2. The highest BCUT2D eigenvalue weighted by atomic mass is 32.2. The third kappa shape index (κ3) is 6.92. The number of halogens is 1. The lowest BCUT2D eigenvalue weighted by Crippen LogP contribution is -2.31. The molecule has 0 saturated carbocycles. The van der Waals surface area contributed by atoms with Crippen LogP contribution in [0.2, 0.25) is 0 Å². The predicted octanol–water partition coefficient (Wildman–Crippen LogP) is 7.50. The summed E-state index contributed by atoms with van der Waals surface area (Å²) < 4.78 is 55.3. The van der Waals surface area contributed by atoms with Crippen LogP contribution in [-0.4, -0.2) is 24.3 Å². The first kappa shape index (κ1) is 30.4. The molecule has 1 amide bonds. The van der Waals surface area contributed by atoms with E-state index in [-0.39, 0.29) is 37.2 Å². The zero-order chi connectivity index (χ0) is 31.4. The molecule has 3 aromatic carbocycles. The van der Waals surface area contributed by atoms with Crippen LogP contribution in [0.25, 0.3) is 11.3 Å². The number of benzene rings is 3. The average Bonchev–Trinajstić information content (AvgIpc) is 2.98. The van der Waals surface area contributed by atoms with E-state index in [2.05, 4.69) is 9.97 Å². The number of hydrogen-bond donors (Lipinski definition) is 1.